The maximum atomic E-state index is 11.6. The highest BCUT2D eigenvalue weighted by molar-refractivity contribution is 6.41. The molecular formula is C18H15N2O8+. The quantitative estimate of drug-likeness (QED) is 0.362. The van der Waals surface area contributed by atoms with E-state index in [4.69, 9.17) is 10.2 Å². The zero-order chi connectivity index (χ0) is 20.6. The molecule has 0 spiro atoms. The fourth-order valence-electron chi connectivity index (χ4n) is 2.99. The molecule has 1 aromatic rings. The third-order valence-electron chi connectivity index (χ3n) is 4.32. The number of carboxylic acid groups (broad SMARTS) is 3. The zero-order valence-corrected chi connectivity index (χ0v) is 14.2. The molecule has 10 nitrogen and oxygen atoms in total. The van der Waals surface area contributed by atoms with Crippen LogP contribution in [0, 0.1) is 0 Å². The lowest BCUT2D eigenvalue weighted by Gasteiger charge is -2.14. The average molecular weight is 387 g/mol. The molecule has 0 fully saturated rings. The number of phenolic OH excluding ortho intramolecular Hbond substituents is 2. The monoisotopic (exact) mass is 387 g/mol. The van der Waals surface area contributed by atoms with Gasteiger partial charge in [0, 0.05) is 18.1 Å². The minimum Gasteiger partial charge on any atom is -0.504 e. The van der Waals surface area contributed by atoms with Crippen molar-refractivity contribution in [2.45, 2.75) is 18.9 Å². The van der Waals surface area contributed by atoms with E-state index in [1.165, 1.54) is 35.1 Å². The highest BCUT2D eigenvalue weighted by Crippen LogP contribution is 2.36. The van der Waals surface area contributed by atoms with E-state index in [1.54, 1.807) is 0 Å². The number of carbonyl (C=O) groups is 3. The van der Waals surface area contributed by atoms with Crippen molar-refractivity contribution in [2.75, 3.05) is 0 Å². The number of hydrogen-bond acceptors (Lipinski definition) is 6. The van der Waals surface area contributed by atoms with Crippen LogP contribution in [0.25, 0.3) is 0 Å². The maximum Gasteiger partial charge on any atom is 0.397 e. The molecule has 0 radical (unpaired) electrons. The van der Waals surface area contributed by atoms with Gasteiger partial charge in [0.05, 0.1) is 12.5 Å². The first-order chi connectivity index (χ1) is 13.2. The van der Waals surface area contributed by atoms with Gasteiger partial charge in [-0.25, -0.2) is 14.4 Å². The van der Waals surface area contributed by atoms with E-state index in [2.05, 4.69) is 4.99 Å². The Morgan fingerprint density at radius 2 is 1.75 bits per heavy atom. The molecule has 144 valence electrons. The summed E-state index contributed by atoms with van der Waals surface area (Å²) in [4.78, 5) is 37.6. The Balaban J connectivity index is 2.01. The van der Waals surface area contributed by atoms with Gasteiger partial charge in [0.25, 0.3) is 5.71 Å². The van der Waals surface area contributed by atoms with Gasteiger partial charge in [-0.05, 0) is 17.7 Å². The average Bonchev–Trinajstić information content (AvgIpc) is 2.97. The van der Waals surface area contributed by atoms with Gasteiger partial charge in [-0.2, -0.15) is 4.58 Å². The summed E-state index contributed by atoms with van der Waals surface area (Å²) in [5.41, 5.74) is 0.689. The van der Waals surface area contributed by atoms with E-state index in [0.717, 1.165) is 0 Å². The molecule has 5 N–H and O–H groups in total. The summed E-state index contributed by atoms with van der Waals surface area (Å²) < 4.78 is 1.28. The summed E-state index contributed by atoms with van der Waals surface area (Å²) in [6.07, 6.45) is 3.90. The zero-order valence-electron chi connectivity index (χ0n) is 14.2. The molecule has 0 aromatic heterocycles. The van der Waals surface area contributed by atoms with E-state index in [0.29, 0.717) is 16.8 Å². The summed E-state index contributed by atoms with van der Waals surface area (Å²) in [5.74, 6) is -4.67. The van der Waals surface area contributed by atoms with Crippen LogP contribution in [0.4, 0.5) is 5.69 Å². The van der Waals surface area contributed by atoms with Crippen LogP contribution in [-0.4, -0.2) is 65.5 Å². The molecule has 3 rings (SSSR count). The standard InChI is InChI=1S/C18H14N2O8/c21-14-6-9-5-13(18(27)28)20(12(9)7-15(14)22)2-1-8-3-10(16(23)24)19-11(4-8)17(25)26/h1-3,6-7,11H,4-5H2,(H4-,21,22,23,24,25,26,27,28)/p+1/t11-/m1/s1. The van der Waals surface area contributed by atoms with Crippen LogP contribution in [0.1, 0.15) is 12.0 Å². The Morgan fingerprint density at radius 3 is 2.36 bits per heavy atom. The Labute approximate surface area is 157 Å². The first kappa shape index (κ1) is 18.8. The molecular weight excluding hydrogens is 372 g/mol. The minimum atomic E-state index is -1.37. The molecule has 0 saturated carbocycles. The van der Waals surface area contributed by atoms with Crippen LogP contribution in [-0.2, 0) is 20.8 Å². The smallest absolute Gasteiger partial charge is 0.397 e. The Kier molecular flexibility index (Phi) is 4.70. The van der Waals surface area contributed by atoms with Gasteiger partial charge < -0.3 is 25.5 Å². The van der Waals surface area contributed by atoms with Gasteiger partial charge in [-0.1, -0.05) is 0 Å². The molecule has 1 aromatic carbocycles. The summed E-state index contributed by atoms with van der Waals surface area (Å²) in [6, 6.07) is 1.21. The van der Waals surface area contributed by atoms with Crippen molar-refractivity contribution in [3.05, 3.63) is 41.6 Å². The topological polar surface area (TPSA) is 168 Å². The second-order valence-electron chi connectivity index (χ2n) is 6.18. The van der Waals surface area contributed by atoms with Crippen LogP contribution >= 0.6 is 0 Å². The molecule has 2 aliphatic rings. The summed E-state index contributed by atoms with van der Waals surface area (Å²) >= 11 is 0. The highest BCUT2D eigenvalue weighted by Gasteiger charge is 2.35. The van der Waals surface area contributed by atoms with Gasteiger partial charge >= 0.3 is 17.9 Å². The third-order valence-corrected chi connectivity index (χ3v) is 4.32. The van der Waals surface area contributed by atoms with Crippen molar-refractivity contribution >= 4 is 35.0 Å². The molecule has 1 atom stereocenters. The van der Waals surface area contributed by atoms with Crippen molar-refractivity contribution in [2.24, 2.45) is 4.99 Å². The molecule has 0 unspecified atom stereocenters. The second kappa shape index (κ2) is 6.99. The van der Waals surface area contributed by atoms with Crippen molar-refractivity contribution in [1.82, 2.24) is 0 Å². The largest absolute Gasteiger partial charge is 0.504 e. The van der Waals surface area contributed by atoms with Crippen molar-refractivity contribution in [3.63, 3.8) is 0 Å². The number of hydrogen-bond donors (Lipinski definition) is 5. The SMILES string of the molecule is O=C(O)C1=N[C@@H](C(=O)O)CC(C=C[N+]2=C(C(=O)O)Cc3cc(O)c(O)cc32)=C1. The number of allylic oxidation sites excluding steroid dienone is 1. The minimum absolute atomic E-state index is 0.00147. The number of dihydropyridines is 1. The van der Waals surface area contributed by atoms with Crippen molar-refractivity contribution < 1.29 is 44.5 Å². The summed E-state index contributed by atoms with van der Waals surface area (Å²) in [5, 5.41) is 47.0. The molecule has 28 heavy (non-hydrogen) atoms. The molecule has 0 amide bonds. The van der Waals surface area contributed by atoms with Crippen LogP contribution in [0.2, 0.25) is 0 Å². The fraction of sp³-hybridized carbons (Fsp3) is 0.167. The highest BCUT2D eigenvalue weighted by atomic mass is 16.4. The van der Waals surface area contributed by atoms with E-state index in [1.807, 2.05) is 0 Å². The molecule has 0 saturated heterocycles. The fourth-order valence-corrected chi connectivity index (χ4v) is 2.99. The molecule has 10 heteroatoms. The van der Waals surface area contributed by atoms with Crippen LogP contribution in [0.5, 0.6) is 11.5 Å². The molecule has 2 heterocycles. The van der Waals surface area contributed by atoms with Gasteiger partial charge in [-0.3, -0.25) is 4.99 Å². The Hall–Kier alpha value is -3.95. The summed E-state index contributed by atoms with van der Waals surface area (Å²) in [7, 11) is 0. The number of benzene rings is 1. The number of phenols is 2. The van der Waals surface area contributed by atoms with Crippen LogP contribution in [0.15, 0.2) is 41.1 Å². The van der Waals surface area contributed by atoms with Gasteiger partial charge in [0.1, 0.15) is 5.71 Å². The number of nitrogens with zero attached hydrogens (tertiary/aromatic N) is 2. The van der Waals surface area contributed by atoms with E-state index < -0.39 is 35.4 Å². The number of carboxylic acids is 3. The first-order valence-corrected chi connectivity index (χ1v) is 8.03. The Bertz CT molecular complexity index is 1030. The predicted octanol–water partition coefficient (Wildman–Crippen LogP) is 0.646. The summed E-state index contributed by atoms with van der Waals surface area (Å²) in [6.45, 7) is 0. The molecule has 2 aliphatic heterocycles. The number of rotatable bonds is 5. The van der Waals surface area contributed by atoms with Gasteiger partial charge in [0.2, 0.25) is 5.69 Å². The lowest BCUT2D eigenvalue weighted by molar-refractivity contribution is -0.356. The number of aromatic hydroxyl groups is 2. The van der Waals surface area contributed by atoms with Crippen LogP contribution in [0.3, 0.4) is 0 Å². The number of fused-ring (bicyclic) bond motifs is 1. The van der Waals surface area contributed by atoms with Crippen LogP contribution < -0.4 is 0 Å². The van der Waals surface area contributed by atoms with Crippen molar-refractivity contribution in [1.29, 1.82) is 0 Å². The number of aliphatic imine (C=N–C) groups is 1. The van der Waals surface area contributed by atoms with E-state index in [9.17, 15) is 29.7 Å². The first-order valence-electron chi connectivity index (χ1n) is 8.03. The normalized spacial score (nSPS) is 18.6. The predicted molar refractivity (Wildman–Crippen MR) is 94.4 cm³/mol. The number of aliphatic carboxylic acids is 3. The second-order valence-corrected chi connectivity index (χ2v) is 6.18. The van der Waals surface area contributed by atoms with Crippen molar-refractivity contribution in [3.8, 4) is 11.5 Å². The lowest BCUT2D eigenvalue weighted by Crippen LogP contribution is -2.26. The van der Waals surface area contributed by atoms with Gasteiger partial charge in [-0.15, -0.1) is 0 Å². The Morgan fingerprint density at radius 1 is 1.07 bits per heavy atom. The van der Waals surface area contributed by atoms with E-state index in [-0.39, 0.29) is 24.3 Å². The maximum absolute atomic E-state index is 11.6. The lowest BCUT2D eigenvalue weighted by atomic mass is 10.0. The third kappa shape index (κ3) is 3.47. The molecule has 0 aliphatic carbocycles. The molecule has 0 bridgehead atoms. The van der Waals surface area contributed by atoms with E-state index >= 15 is 0 Å². The van der Waals surface area contributed by atoms with Gasteiger partial charge in [0.15, 0.2) is 23.7 Å².